The normalized spacial score (nSPS) is 11.8. The van der Waals surface area contributed by atoms with E-state index in [0.29, 0.717) is 6.42 Å². The van der Waals surface area contributed by atoms with Crippen LogP contribution in [0.5, 0.6) is 0 Å². The first-order valence-electron chi connectivity index (χ1n) is 7.13. The van der Waals surface area contributed by atoms with Gasteiger partial charge in [-0.15, -0.1) is 0 Å². The molecule has 1 amide bonds. The van der Waals surface area contributed by atoms with E-state index in [1.165, 1.54) is 13.1 Å². The molecule has 2 rings (SSSR count). The number of amides is 1. The number of Topliss-reactive ketones (excluding diaryl/α,β-unsaturated/α-hetero) is 1. The number of carbonyl (C=O) groups excluding carboxylic acids is 2. The number of aromatic nitrogens is 2. The Morgan fingerprint density at radius 1 is 1.25 bits per heavy atom. The third-order valence-electron chi connectivity index (χ3n) is 3.34. The zero-order valence-electron chi connectivity index (χ0n) is 12.8. The molecule has 0 aliphatic heterocycles. The van der Waals surface area contributed by atoms with Crippen molar-refractivity contribution in [3.8, 4) is 0 Å². The lowest BCUT2D eigenvalue weighted by Gasteiger charge is -2.16. The van der Waals surface area contributed by atoms with Crippen LogP contribution in [0.15, 0.2) is 41.3 Å². The van der Waals surface area contributed by atoms with Gasteiger partial charge in [-0.3, -0.25) is 14.4 Å². The number of halogens is 2. The second-order valence-corrected chi connectivity index (χ2v) is 5.97. The van der Waals surface area contributed by atoms with Gasteiger partial charge in [-0.2, -0.15) is 5.10 Å². The fourth-order valence-corrected chi connectivity index (χ4v) is 2.35. The average molecular weight is 368 g/mol. The van der Waals surface area contributed by atoms with Crippen LogP contribution in [-0.4, -0.2) is 27.5 Å². The molecule has 1 heterocycles. The molecule has 0 fully saturated rings. The first-order chi connectivity index (χ1) is 11.4. The highest BCUT2D eigenvalue weighted by Gasteiger charge is 2.19. The molecule has 0 aliphatic carbocycles. The lowest BCUT2D eigenvalue weighted by molar-refractivity contribution is -0.127. The van der Waals surface area contributed by atoms with E-state index in [0.717, 1.165) is 10.2 Å². The summed E-state index contributed by atoms with van der Waals surface area (Å²) >= 11 is 11.4. The Labute approximate surface area is 148 Å². The Balaban J connectivity index is 2.07. The molecule has 1 atom stereocenters. The molecule has 0 saturated heterocycles. The topological polar surface area (TPSA) is 81.1 Å². The Morgan fingerprint density at radius 2 is 1.92 bits per heavy atom. The van der Waals surface area contributed by atoms with Crippen LogP contribution >= 0.6 is 23.2 Å². The maximum atomic E-state index is 12.1. The van der Waals surface area contributed by atoms with E-state index in [1.54, 1.807) is 0 Å². The minimum Gasteiger partial charge on any atom is -0.344 e. The van der Waals surface area contributed by atoms with Crippen molar-refractivity contribution in [2.75, 3.05) is 0 Å². The van der Waals surface area contributed by atoms with Crippen molar-refractivity contribution >= 4 is 34.9 Å². The number of ketones is 1. The van der Waals surface area contributed by atoms with Crippen molar-refractivity contribution in [3.63, 3.8) is 0 Å². The SMILES string of the molecule is CC(=O)C(Cc1ccccc1)NC(=O)Cn1ncc(Cl)c(Cl)c1=O. The third kappa shape index (κ3) is 4.66. The summed E-state index contributed by atoms with van der Waals surface area (Å²) in [6, 6.07) is 8.63. The summed E-state index contributed by atoms with van der Waals surface area (Å²) in [5.74, 6) is -0.694. The molecule has 1 aromatic heterocycles. The predicted octanol–water partition coefficient (Wildman–Crippen LogP) is 1.87. The molecule has 126 valence electrons. The molecule has 0 saturated carbocycles. The summed E-state index contributed by atoms with van der Waals surface area (Å²) in [6.45, 7) is 1.05. The van der Waals surface area contributed by atoms with Crippen molar-refractivity contribution in [2.24, 2.45) is 0 Å². The van der Waals surface area contributed by atoms with Gasteiger partial charge in [-0.05, 0) is 18.9 Å². The lowest BCUT2D eigenvalue weighted by atomic mass is 10.0. The van der Waals surface area contributed by atoms with Crippen molar-refractivity contribution in [3.05, 3.63) is 62.5 Å². The van der Waals surface area contributed by atoms with Gasteiger partial charge in [0.15, 0.2) is 5.78 Å². The Kier molecular flexibility index (Phi) is 6.11. The third-order valence-corrected chi connectivity index (χ3v) is 4.09. The molecule has 0 bridgehead atoms. The van der Waals surface area contributed by atoms with Gasteiger partial charge in [-0.1, -0.05) is 53.5 Å². The highest BCUT2D eigenvalue weighted by molar-refractivity contribution is 6.41. The number of benzene rings is 1. The van der Waals surface area contributed by atoms with Gasteiger partial charge in [0.1, 0.15) is 11.6 Å². The number of rotatable bonds is 6. The van der Waals surface area contributed by atoms with E-state index in [9.17, 15) is 14.4 Å². The average Bonchev–Trinajstić information content (AvgIpc) is 2.56. The summed E-state index contributed by atoms with van der Waals surface area (Å²) in [6.07, 6.45) is 1.55. The van der Waals surface area contributed by atoms with Gasteiger partial charge < -0.3 is 5.32 Å². The maximum Gasteiger partial charge on any atom is 0.287 e. The van der Waals surface area contributed by atoms with Gasteiger partial charge >= 0.3 is 0 Å². The fraction of sp³-hybridized carbons (Fsp3) is 0.250. The molecule has 1 unspecified atom stereocenters. The molecule has 0 aliphatic rings. The minimum absolute atomic E-state index is 0.0176. The van der Waals surface area contributed by atoms with E-state index >= 15 is 0 Å². The number of hydrogen-bond acceptors (Lipinski definition) is 4. The van der Waals surface area contributed by atoms with Crippen LogP contribution in [0.25, 0.3) is 0 Å². The number of nitrogens with zero attached hydrogens (tertiary/aromatic N) is 2. The predicted molar refractivity (Wildman–Crippen MR) is 91.3 cm³/mol. The highest BCUT2D eigenvalue weighted by Crippen LogP contribution is 2.14. The number of carbonyl (C=O) groups is 2. The molecule has 0 spiro atoms. The highest BCUT2D eigenvalue weighted by atomic mass is 35.5. The summed E-state index contributed by atoms with van der Waals surface area (Å²) in [4.78, 5) is 35.8. The van der Waals surface area contributed by atoms with Crippen LogP contribution < -0.4 is 10.9 Å². The van der Waals surface area contributed by atoms with E-state index in [1.807, 2.05) is 30.3 Å². The van der Waals surface area contributed by atoms with E-state index in [2.05, 4.69) is 10.4 Å². The first kappa shape index (κ1) is 18.2. The van der Waals surface area contributed by atoms with Crippen molar-refractivity contribution in [2.45, 2.75) is 25.9 Å². The molecule has 6 nitrogen and oxygen atoms in total. The molecule has 1 N–H and O–H groups in total. The van der Waals surface area contributed by atoms with Crippen LogP contribution in [0.3, 0.4) is 0 Å². The summed E-state index contributed by atoms with van der Waals surface area (Å²) in [5, 5.41) is 6.18. The fourth-order valence-electron chi connectivity index (χ4n) is 2.08. The zero-order chi connectivity index (χ0) is 17.7. The van der Waals surface area contributed by atoms with E-state index < -0.39 is 17.5 Å². The number of hydrogen-bond donors (Lipinski definition) is 1. The second-order valence-electron chi connectivity index (χ2n) is 5.19. The van der Waals surface area contributed by atoms with E-state index in [-0.39, 0.29) is 22.4 Å². The van der Waals surface area contributed by atoms with Crippen LogP contribution in [0, 0.1) is 0 Å². The summed E-state index contributed by atoms with van der Waals surface area (Å²) in [5.41, 5.74) is 0.254. The van der Waals surface area contributed by atoms with Crippen molar-refractivity contribution in [1.29, 1.82) is 0 Å². The Morgan fingerprint density at radius 3 is 2.54 bits per heavy atom. The van der Waals surface area contributed by atoms with Gasteiger partial charge in [0.2, 0.25) is 5.91 Å². The molecule has 24 heavy (non-hydrogen) atoms. The Hall–Kier alpha value is -2.18. The monoisotopic (exact) mass is 367 g/mol. The molecular weight excluding hydrogens is 353 g/mol. The largest absolute Gasteiger partial charge is 0.344 e. The van der Waals surface area contributed by atoms with Gasteiger partial charge in [0.05, 0.1) is 17.3 Å². The molecular formula is C16H15Cl2N3O3. The maximum absolute atomic E-state index is 12.1. The van der Waals surface area contributed by atoms with E-state index in [4.69, 9.17) is 23.2 Å². The summed E-state index contributed by atoms with van der Waals surface area (Å²) < 4.78 is 0.892. The van der Waals surface area contributed by atoms with Gasteiger partial charge in [0, 0.05) is 0 Å². The molecule has 8 heteroatoms. The first-order valence-corrected chi connectivity index (χ1v) is 7.89. The smallest absolute Gasteiger partial charge is 0.287 e. The van der Waals surface area contributed by atoms with Crippen LogP contribution in [-0.2, 0) is 22.6 Å². The number of nitrogens with one attached hydrogen (secondary N) is 1. The molecule has 0 radical (unpaired) electrons. The standard InChI is InChI=1S/C16H15Cl2N3O3/c1-10(22)13(7-11-5-3-2-4-6-11)20-14(23)9-21-16(24)15(18)12(17)8-19-21/h2-6,8,13H,7,9H2,1H3,(H,20,23). The molecule has 2 aromatic rings. The van der Waals surface area contributed by atoms with Crippen LogP contribution in [0.4, 0.5) is 0 Å². The van der Waals surface area contributed by atoms with Gasteiger partial charge in [0.25, 0.3) is 5.56 Å². The Bertz CT molecular complexity index is 806. The van der Waals surface area contributed by atoms with Crippen LogP contribution in [0.2, 0.25) is 10.0 Å². The minimum atomic E-state index is -0.682. The van der Waals surface area contributed by atoms with Crippen LogP contribution in [0.1, 0.15) is 12.5 Å². The lowest BCUT2D eigenvalue weighted by Crippen LogP contribution is -2.44. The summed E-state index contributed by atoms with van der Waals surface area (Å²) in [7, 11) is 0. The second kappa shape index (κ2) is 8.08. The zero-order valence-corrected chi connectivity index (χ0v) is 14.3. The molecule has 1 aromatic carbocycles. The van der Waals surface area contributed by atoms with Crippen molar-refractivity contribution in [1.82, 2.24) is 15.1 Å². The van der Waals surface area contributed by atoms with Crippen molar-refractivity contribution < 1.29 is 9.59 Å². The van der Waals surface area contributed by atoms with Gasteiger partial charge in [-0.25, -0.2) is 4.68 Å². The quantitative estimate of drug-likeness (QED) is 0.844.